The highest BCUT2D eigenvalue weighted by Gasteiger charge is 2.17. The first kappa shape index (κ1) is 14.2. The molecule has 0 saturated carbocycles. The number of rotatable bonds is 2. The maximum atomic E-state index is 12.9. The molecule has 0 amide bonds. The van der Waals surface area contributed by atoms with E-state index >= 15 is 0 Å². The molecule has 0 aliphatic rings. The number of anilines is 1. The monoisotopic (exact) mass is 316 g/mol. The first-order valence-electron chi connectivity index (χ1n) is 6.33. The summed E-state index contributed by atoms with van der Waals surface area (Å²) in [5.74, 6) is -0.621. The summed E-state index contributed by atoms with van der Waals surface area (Å²) < 4.78 is 13.9. The molecule has 0 radical (unpaired) electrons. The quantitative estimate of drug-likeness (QED) is 0.788. The molecule has 0 aliphatic carbocycles. The average Bonchev–Trinajstić information content (AvgIpc) is 2.89. The van der Waals surface area contributed by atoms with Crippen LogP contribution in [0.5, 0.6) is 0 Å². The van der Waals surface area contributed by atoms with Crippen molar-refractivity contribution in [2.24, 2.45) is 0 Å². The van der Waals surface area contributed by atoms with Crippen LogP contribution in [0.2, 0.25) is 5.02 Å². The van der Waals surface area contributed by atoms with Crippen LogP contribution in [0.25, 0.3) is 11.4 Å². The first-order chi connectivity index (χ1) is 10.5. The van der Waals surface area contributed by atoms with Gasteiger partial charge in [-0.15, -0.1) is 5.10 Å². The molecule has 0 fully saturated rings. The number of hydrogen-bond acceptors (Lipinski definition) is 4. The zero-order valence-electron chi connectivity index (χ0n) is 11.2. The third-order valence-corrected chi connectivity index (χ3v) is 3.23. The molecule has 3 rings (SSSR count). The molecule has 0 saturated heterocycles. The highest BCUT2D eigenvalue weighted by molar-refractivity contribution is 6.31. The molecule has 1 aromatic heterocycles. The van der Waals surface area contributed by atoms with Gasteiger partial charge in [0.15, 0.2) is 5.82 Å². The van der Waals surface area contributed by atoms with Crippen LogP contribution in [0.1, 0.15) is 10.4 Å². The van der Waals surface area contributed by atoms with Crippen LogP contribution < -0.4 is 5.73 Å². The Morgan fingerprint density at radius 1 is 1.18 bits per heavy atom. The Balaban J connectivity index is 1.99. The van der Waals surface area contributed by atoms with Crippen molar-refractivity contribution >= 4 is 23.5 Å². The average molecular weight is 317 g/mol. The molecule has 0 bridgehead atoms. The number of aromatic nitrogens is 3. The van der Waals surface area contributed by atoms with E-state index in [-0.39, 0.29) is 17.6 Å². The van der Waals surface area contributed by atoms with E-state index in [1.165, 1.54) is 30.3 Å². The van der Waals surface area contributed by atoms with Crippen LogP contribution in [0, 0.1) is 5.82 Å². The second kappa shape index (κ2) is 5.57. The summed E-state index contributed by atoms with van der Waals surface area (Å²) in [5.41, 5.74) is 6.65. The van der Waals surface area contributed by atoms with Crippen LogP contribution in [0.4, 0.5) is 10.3 Å². The summed E-state index contributed by atoms with van der Waals surface area (Å²) >= 11 is 5.87. The molecule has 110 valence electrons. The van der Waals surface area contributed by atoms with Gasteiger partial charge in [0.1, 0.15) is 5.82 Å². The predicted molar refractivity (Wildman–Crippen MR) is 81.0 cm³/mol. The lowest BCUT2D eigenvalue weighted by Crippen LogP contribution is -2.16. The number of benzene rings is 2. The van der Waals surface area contributed by atoms with Crippen molar-refractivity contribution < 1.29 is 9.18 Å². The SMILES string of the molecule is Nc1nc(-c2ccc(F)cc2)nn1C(=O)c1cccc(Cl)c1. The summed E-state index contributed by atoms with van der Waals surface area (Å²) in [6.07, 6.45) is 0. The van der Waals surface area contributed by atoms with E-state index in [9.17, 15) is 9.18 Å². The normalized spacial score (nSPS) is 10.6. The Labute approximate surface area is 130 Å². The molecule has 2 aromatic carbocycles. The Kier molecular flexibility index (Phi) is 3.60. The molecule has 5 nitrogen and oxygen atoms in total. The predicted octanol–water partition coefficient (Wildman–Crippen LogP) is 3.01. The molecule has 1 heterocycles. The number of nitrogen functional groups attached to an aromatic ring is 1. The third-order valence-electron chi connectivity index (χ3n) is 3.00. The van der Waals surface area contributed by atoms with Gasteiger partial charge in [-0.25, -0.2) is 4.39 Å². The maximum absolute atomic E-state index is 12.9. The van der Waals surface area contributed by atoms with Gasteiger partial charge in [-0.3, -0.25) is 4.79 Å². The van der Waals surface area contributed by atoms with Crippen molar-refractivity contribution in [2.45, 2.75) is 0 Å². The van der Waals surface area contributed by atoms with Crippen molar-refractivity contribution in [3.8, 4) is 11.4 Å². The van der Waals surface area contributed by atoms with Crippen LogP contribution in [-0.2, 0) is 0 Å². The number of carbonyl (C=O) groups is 1. The van der Waals surface area contributed by atoms with Crippen LogP contribution >= 0.6 is 11.6 Å². The van der Waals surface area contributed by atoms with Gasteiger partial charge >= 0.3 is 0 Å². The third kappa shape index (κ3) is 2.68. The highest BCUT2D eigenvalue weighted by atomic mass is 35.5. The number of carbonyl (C=O) groups excluding carboxylic acids is 1. The minimum Gasteiger partial charge on any atom is -0.368 e. The van der Waals surface area contributed by atoms with Crippen molar-refractivity contribution in [3.05, 3.63) is 64.9 Å². The summed E-state index contributed by atoms with van der Waals surface area (Å²) in [6, 6.07) is 12.0. The van der Waals surface area contributed by atoms with E-state index in [4.69, 9.17) is 17.3 Å². The number of hydrogen-bond donors (Lipinski definition) is 1. The molecular formula is C15H10ClFN4O. The topological polar surface area (TPSA) is 73.8 Å². The summed E-state index contributed by atoms with van der Waals surface area (Å²) in [7, 11) is 0. The highest BCUT2D eigenvalue weighted by Crippen LogP contribution is 2.18. The minimum absolute atomic E-state index is 0.0516. The van der Waals surface area contributed by atoms with E-state index in [2.05, 4.69) is 10.1 Å². The lowest BCUT2D eigenvalue weighted by molar-refractivity contribution is 0.0948. The zero-order chi connectivity index (χ0) is 15.7. The standard InChI is InChI=1S/C15H10ClFN4O/c16-11-3-1-2-10(8-11)14(22)21-15(18)19-13(20-21)9-4-6-12(17)7-5-9/h1-8H,(H2,18,19,20). The van der Waals surface area contributed by atoms with Crippen molar-refractivity contribution in [3.63, 3.8) is 0 Å². The van der Waals surface area contributed by atoms with Crippen molar-refractivity contribution in [1.82, 2.24) is 14.8 Å². The second-order valence-corrected chi connectivity index (χ2v) is 4.96. The van der Waals surface area contributed by atoms with Crippen LogP contribution in [-0.4, -0.2) is 20.7 Å². The molecule has 0 spiro atoms. The van der Waals surface area contributed by atoms with E-state index in [1.807, 2.05) is 0 Å². The molecular weight excluding hydrogens is 307 g/mol. The molecule has 22 heavy (non-hydrogen) atoms. The lowest BCUT2D eigenvalue weighted by atomic mass is 10.2. The van der Waals surface area contributed by atoms with Gasteiger partial charge in [0.25, 0.3) is 5.91 Å². The summed E-state index contributed by atoms with van der Waals surface area (Å²) in [4.78, 5) is 16.4. The second-order valence-electron chi connectivity index (χ2n) is 4.53. The Hall–Kier alpha value is -2.73. The fourth-order valence-corrected chi connectivity index (χ4v) is 2.13. The number of halogens is 2. The molecule has 3 aromatic rings. The molecule has 2 N–H and O–H groups in total. The van der Waals surface area contributed by atoms with E-state index in [0.29, 0.717) is 16.1 Å². The van der Waals surface area contributed by atoms with Gasteiger partial charge < -0.3 is 5.73 Å². The smallest absolute Gasteiger partial charge is 0.281 e. The number of nitrogens with zero attached hydrogens (tertiary/aromatic N) is 3. The molecule has 0 unspecified atom stereocenters. The molecule has 0 aliphatic heterocycles. The van der Waals surface area contributed by atoms with Gasteiger partial charge in [0.05, 0.1) is 0 Å². The molecule has 0 atom stereocenters. The Morgan fingerprint density at radius 2 is 1.91 bits per heavy atom. The summed E-state index contributed by atoms with van der Waals surface area (Å²) in [6.45, 7) is 0. The summed E-state index contributed by atoms with van der Waals surface area (Å²) in [5, 5.41) is 4.51. The number of nitrogens with two attached hydrogens (primary N) is 1. The minimum atomic E-state index is -0.444. The van der Waals surface area contributed by atoms with Crippen molar-refractivity contribution in [2.75, 3.05) is 5.73 Å². The fourth-order valence-electron chi connectivity index (χ4n) is 1.94. The van der Waals surface area contributed by atoms with Crippen molar-refractivity contribution in [1.29, 1.82) is 0 Å². The van der Waals surface area contributed by atoms with E-state index in [0.717, 1.165) is 4.68 Å². The maximum Gasteiger partial charge on any atom is 0.281 e. The van der Waals surface area contributed by atoms with Crippen LogP contribution in [0.3, 0.4) is 0 Å². The van der Waals surface area contributed by atoms with Gasteiger partial charge in [0, 0.05) is 16.1 Å². The van der Waals surface area contributed by atoms with Gasteiger partial charge in [0.2, 0.25) is 5.95 Å². The lowest BCUT2D eigenvalue weighted by Gasteiger charge is -2.01. The van der Waals surface area contributed by atoms with E-state index in [1.54, 1.807) is 18.2 Å². The van der Waals surface area contributed by atoms with Crippen LogP contribution in [0.15, 0.2) is 48.5 Å². The fraction of sp³-hybridized carbons (Fsp3) is 0. The van der Waals surface area contributed by atoms with Gasteiger partial charge in [-0.2, -0.15) is 9.67 Å². The largest absolute Gasteiger partial charge is 0.368 e. The first-order valence-corrected chi connectivity index (χ1v) is 6.71. The zero-order valence-corrected chi connectivity index (χ0v) is 12.0. The molecule has 7 heteroatoms. The Morgan fingerprint density at radius 3 is 2.59 bits per heavy atom. The van der Waals surface area contributed by atoms with Gasteiger partial charge in [-0.1, -0.05) is 17.7 Å². The van der Waals surface area contributed by atoms with Gasteiger partial charge in [-0.05, 0) is 42.5 Å². The van der Waals surface area contributed by atoms with E-state index < -0.39 is 5.91 Å². The Bertz CT molecular complexity index is 845.